The summed E-state index contributed by atoms with van der Waals surface area (Å²) in [4.78, 5) is 41.6. The smallest absolute Gasteiger partial charge is 0.300 e. The van der Waals surface area contributed by atoms with Gasteiger partial charge in [-0.1, -0.05) is 48.6 Å². The van der Waals surface area contributed by atoms with Gasteiger partial charge in [0.25, 0.3) is 0 Å². The molecule has 11 nitrogen and oxygen atoms in total. The van der Waals surface area contributed by atoms with Crippen LogP contribution in [0.4, 0.5) is 0 Å². The molecule has 10 rings (SSSR count). The van der Waals surface area contributed by atoms with Crippen molar-refractivity contribution in [3.63, 3.8) is 0 Å². The second-order valence-electron chi connectivity index (χ2n) is 15.9. The SMILES string of the molecule is C=CC1C[N+]2(CC(=O)NONC(=O)C[N+]34CCC(CC3[C@@H](O)c3ccnc5ccccc35)C(C=C)C4)CCC1CC2[C@@H](O)c1ccnc2ccccc12.[Cl-].[Cl-]. The number of nitrogens with zero attached hydrogens (tertiary/aromatic N) is 4. The van der Waals surface area contributed by atoms with E-state index in [1.807, 2.05) is 72.8 Å². The summed E-state index contributed by atoms with van der Waals surface area (Å²) in [7, 11) is 0. The summed E-state index contributed by atoms with van der Waals surface area (Å²) >= 11 is 0. The molecule has 6 saturated heterocycles. The van der Waals surface area contributed by atoms with Crippen molar-refractivity contribution in [1.29, 1.82) is 0 Å². The zero-order chi connectivity index (χ0) is 36.7. The summed E-state index contributed by atoms with van der Waals surface area (Å²) in [5.74, 6) is 0.523. The lowest BCUT2D eigenvalue weighted by Crippen LogP contribution is -3.00. The van der Waals surface area contributed by atoms with Gasteiger partial charge in [0.05, 0.1) is 37.2 Å². The maximum atomic E-state index is 13.6. The highest BCUT2D eigenvalue weighted by atomic mass is 35.5. The highest BCUT2D eigenvalue weighted by Crippen LogP contribution is 2.48. The molecule has 6 aliphatic rings. The molecule has 2 aromatic heterocycles. The lowest BCUT2D eigenvalue weighted by atomic mass is 9.71. The largest absolute Gasteiger partial charge is 1.00 e. The molecule has 0 saturated carbocycles. The molecule has 4 N–H and O–H groups in total. The lowest BCUT2D eigenvalue weighted by Gasteiger charge is -2.57. The number of halogens is 2. The molecule has 0 spiro atoms. The van der Waals surface area contributed by atoms with E-state index < -0.39 is 12.2 Å². The fraction of sp³-hybridized carbons (Fsp3) is 0.429. The highest BCUT2D eigenvalue weighted by molar-refractivity contribution is 5.83. The Balaban J connectivity index is 0.00000257. The maximum Gasteiger partial charge on any atom is 0.300 e. The highest BCUT2D eigenvalue weighted by Gasteiger charge is 2.56. The average molecular weight is 790 g/mol. The minimum Gasteiger partial charge on any atom is -1.00 e. The minimum absolute atomic E-state index is 0. The van der Waals surface area contributed by atoms with Gasteiger partial charge in [0.15, 0.2) is 13.1 Å². The molecular formula is C42H50Cl2N6O5. The molecule has 0 aliphatic carbocycles. The summed E-state index contributed by atoms with van der Waals surface area (Å²) in [6.45, 7) is 11.3. The fourth-order valence-corrected chi connectivity index (χ4v) is 10.7. The van der Waals surface area contributed by atoms with Gasteiger partial charge in [-0.05, 0) is 47.2 Å². The number of aliphatic hydroxyl groups excluding tert-OH is 2. The van der Waals surface area contributed by atoms with Crippen molar-refractivity contribution in [2.24, 2.45) is 23.7 Å². The number of aromatic nitrogens is 2. The second kappa shape index (κ2) is 16.7. The number of amides is 2. The van der Waals surface area contributed by atoms with Crippen LogP contribution in [0.1, 0.15) is 49.0 Å². The number of carbonyl (C=O) groups excluding carboxylic acids is 2. The summed E-state index contributed by atoms with van der Waals surface area (Å²) in [5, 5.41) is 25.7. The van der Waals surface area contributed by atoms with Crippen LogP contribution in [0.15, 0.2) is 98.4 Å². The molecule has 292 valence electrons. The van der Waals surface area contributed by atoms with Crippen LogP contribution >= 0.6 is 0 Å². The van der Waals surface area contributed by atoms with Gasteiger partial charge < -0.3 is 44.0 Å². The van der Waals surface area contributed by atoms with Crippen LogP contribution in [0, 0.1) is 23.7 Å². The number of quaternary nitrogens is 2. The van der Waals surface area contributed by atoms with E-state index in [1.165, 1.54) is 0 Å². The Morgan fingerprint density at radius 1 is 0.727 bits per heavy atom. The first-order valence-corrected chi connectivity index (χ1v) is 19.0. The van der Waals surface area contributed by atoms with Crippen molar-refractivity contribution >= 4 is 33.6 Å². The van der Waals surface area contributed by atoms with E-state index in [9.17, 15) is 19.8 Å². The Kier molecular flexibility index (Phi) is 12.3. The Morgan fingerprint density at radius 2 is 1.15 bits per heavy atom. The first-order valence-electron chi connectivity index (χ1n) is 19.0. The average Bonchev–Trinajstić information content (AvgIpc) is 3.19. The van der Waals surface area contributed by atoms with Gasteiger partial charge in [0, 0.05) is 60.7 Å². The molecule has 4 bridgehead atoms. The Labute approximate surface area is 334 Å². The maximum absolute atomic E-state index is 13.6. The number of hydroxylamine groups is 2. The summed E-state index contributed by atoms with van der Waals surface area (Å²) in [6.07, 6.45) is 9.29. The van der Waals surface area contributed by atoms with E-state index in [4.69, 9.17) is 4.94 Å². The third kappa shape index (κ3) is 7.51. The van der Waals surface area contributed by atoms with Gasteiger partial charge in [-0.15, -0.1) is 13.2 Å². The van der Waals surface area contributed by atoms with Crippen LogP contribution in [0.3, 0.4) is 0 Å². The number of aliphatic hydroxyl groups is 2. The number of fused-ring (bicyclic) bond motifs is 8. The Bertz CT molecular complexity index is 1900. The number of hydrogen-bond donors (Lipinski definition) is 4. The molecule has 2 amide bonds. The van der Waals surface area contributed by atoms with Gasteiger partial charge in [-0.3, -0.25) is 19.6 Å². The zero-order valence-electron chi connectivity index (χ0n) is 30.9. The van der Waals surface area contributed by atoms with Gasteiger partial charge in [-0.25, -0.2) is 11.0 Å². The molecular weight excluding hydrogens is 739 g/mol. The van der Waals surface area contributed by atoms with Crippen molar-refractivity contribution in [2.45, 2.75) is 50.0 Å². The van der Waals surface area contributed by atoms with Crippen molar-refractivity contribution in [1.82, 2.24) is 20.9 Å². The standard InChI is InChI=1S/C42H48N6O5.2ClH/c1-3-27-23-47(19-15-29(27)21-37(47)41(51)33-13-17-43-35-11-7-5-9-31(33)35)25-39(49)45-53-46-40(50)26-48-20-16-30(28(4-2)24-48)22-38(48)42(52)34-14-18-44-36-12-8-6-10-32(34)36;;/h3-14,17-18,27-30,37-38,41-42,51-52H,1-2,15-16,19-26H2;2*1H/t27?,28?,29?,30?,37?,38?,41-,42-,47?,48?;;/m0../s1. The van der Waals surface area contributed by atoms with E-state index in [0.717, 1.165) is 71.7 Å². The monoisotopic (exact) mass is 788 g/mol. The third-order valence-electron chi connectivity index (χ3n) is 13.3. The molecule has 55 heavy (non-hydrogen) atoms. The van der Waals surface area contributed by atoms with Gasteiger partial charge >= 0.3 is 11.8 Å². The molecule has 4 aromatic rings. The molecule has 10 atom stereocenters. The van der Waals surface area contributed by atoms with E-state index >= 15 is 0 Å². The molecule has 6 aliphatic heterocycles. The van der Waals surface area contributed by atoms with Gasteiger partial charge in [-0.2, -0.15) is 4.94 Å². The molecule has 8 unspecified atom stereocenters. The fourth-order valence-electron chi connectivity index (χ4n) is 10.7. The van der Waals surface area contributed by atoms with E-state index in [-0.39, 0.29) is 73.6 Å². The van der Waals surface area contributed by atoms with Gasteiger partial charge in [0.2, 0.25) is 0 Å². The zero-order valence-corrected chi connectivity index (χ0v) is 32.4. The molecule has 13 heteroatoms. The number of pyridine rings is 2. The Hall–Kier alpha value is -3.94. The van der Waals surface area contributed by atoms with Crippen molar-refractivity contribution < 1.29 is 58.5 Å². The molecule has 2 aromatic carbocycles. The topological polar surface area (TPSA) is 134 Å². The van der Waals surface area contributed by atoms with Crippen LogP contribution in [-0.2, 0) is 14.5 Å². The number of benzene rings is 2. The lowest BCUT2D eigenvalue weighted by molar-refractivity contribution is -0.966. The first-order chi connectivity index (χ1) is 25.7. The normalized spacial score (nSPS) is 30.4. The molecule has 0 radical (unpaired) electrons. The Morgan fingerprint density at radius 3 is 1.56 bits per heavy atom. The minimum atomic E-state index is -0.791. The molecule has 8 heterocycles. The van der Waals surface area contributed by atoms with Crippen LogP contribution in [0.25, 0.3) is 21.8 Å². The number of carbonyl (C=O) groups is 2. The van der Waals surface area contributed by atoms with E-state index in [2.05, 4.69) is 34.1 Å². The van der Waals surface area contributed by atoms with Gasteiger partial charge in [0.1, 0.15) is 24.3 Å². The quantitative estimate of drug-likeness (QED) is 0.0778. The predicted molar refractivity (Wildman–Crippen MR) is 201 cm³/mol. The number of hydrogen-bond acceptors (Lipinski definition) is 7. The summed E-state index contributed by atoms with van der Waals surface area (Å²) in [5.41, 5.74) is 8.27. The van der Waals surface area contributed by atoms with Crippen LogP contribution < -0.4 is 35.8 Å². The first kappa shape index (κ1) is 40.7. The molecule has 6 fully saturated rings. The van der Waals surface area contributed by atoms with Crippen LogP contribution in [0.2, 0.25) is 0 Å². The third-order valence-corrected chi connectivity index (χ3v) is 13.3. The number of para-hydroxylation sites is 2. The van der Waals surface area contributed by atoms with Crippen LogP contribution in [0.5, 0.6) is 0 Å². The van der Waals surface area contributed by atoms with E-state index in [0.29, 0.717) is 33.9 Å². The number of piperidine rings is 6. The van der Waals surface area contributed by atoms with Crippen LogP contribution in [-0.4, -0.2) is 92.3 Å². The van der Waals surface area contributed by atoms with Crippen molar-refractivity contribution in [2.75, 3.05) is 39.3 Å². The second-order valence-corrected chi connectivity index (χ2v) is 15.9. The summed E-state index contributed by atoms with van der Waals surface area (Å²) < 4.78 is 0.809. The van der Waals surface area contributed by atoms with Crippen molar-refractivity contribution in [3.8, 4) is 0 Å². The summed E-state index contributed by atoms with van der Waals surface area (Å²) in [6, 6.07) is 19.0. The van der Waals surface area contributed by atoms with E-state index in [1.54, 1.807) is 12.4 Å². The van der Waals surface area contributed by atoms with Crippen molar-refractivity contribution in [3.05, 3.63) is 109 Å². The number of rotatable bonds is 12. The number of nitrogens with one attached hydrogen (secondary N) is 2. The predicted octanol–water partition coefficient (Wildman–Crippen LogP) is -1.54.